The minimum absolute atomic E-state index is 0.118. The van der Waals surface area contributed by atoms with E-state index in [2.05, 4.69) is 0 Å². The van der Waals surface area contributed by atoms with Crippen LogP contribution in [0.2, 0.25) is 0 Å². The Morgan fingerprint density at radius 1 is 0.524 bits per heavy atom. The summed E-state index contributed by atoms with van der Waals surface area (Å²) >= 11 is 0. The van der Waals surface area contributed by atoms with Gasteiger partial charge in [-0.15, -0.1) is 0 Å². The molecule has 2 aromatic rings. The van der Waals surface area contributed by atoms with Crippen molar-refractivity contribution in [2.45, 2.75) is 26.1 Å². The highest BCUT2D eigenvalue weighted by Gasteiger charge is 2.43. The van der Waals surface area contributed by atoms with Crippen LogP contribution in [0.15, 0.2) is 24.3 Å². The predicted molar refractivity (Wildman–Crippen MR) is 144 cm³/mol. The number of hydrogen-bond acceptors (Lipinski definition) is 14. The lowest BCUT2D eigenvalue weighted by molar-refractivity contribution is -0.173. The zero-order valence-electron chi connectivity index (χ0n) is 24.6. The van der Waals surface area contributed by atoms with E-state index in [-0.39, 0.29) is 58.8 Å². The summed E-state index contributed by atoms with van der Waals surface area (Å²) in [5, 5.41) is 0. The van der Waals surface area contributed by atoms with Gasteiger partial charge >= 0.3 is 23.9 Å². The zero-order valence-corrected chi connectivity index (χ0v) is 24.6. The van der Waals surface area contributed by atoms with Crippen LogP contribution in [-0.2, 0) is 28.5 Å². The van der Waals surface area contributed by atoms with E-state index in [0.29, 0.717) is 0 Å². The van der Waals surface area contributed by atoms with E-state index in [1.54, 1.807) is 0 Å². The molecular formula is C28H34O14. The van der Waals surface area contributed by atoms with Crippen molar-refractivity contribution in [1.29, 1.82) is 0 Å². The Bertz CT molecular complexity index is 1120. The van der Waals surface area contributed by atoms with Gasteiger partial charge in [0.25, 0.3) is 0 Å². The molecule has 0 aliphatic heterocycles. The molecule has 0 spiro atoms. The molecule has 42 heavy (non-hydrogen) atoms. The Morgan fingerprint density at radius 3 is 1.02 bits per heavy atom. The van der Waals surface area contributed by atoms with Gasteiger partial charge < -0.3 is 47.4 Å². The summed E-state index contributed by atoms with van der Waals surface area (Å²) in [5.41, 5.74) is -0.283. The van der Waals surface area contributed by atoms with Crippen molar-refractivity contribution in [3.8, 4) is 34.5 Å². The summed E-state index contributed by atoms with van der Waals surface area (Å²) in [7, 11) is 8.11. The van der Waals surface area contributed by atoms with E-state index in [1.165, 1.54) is 80.8 Å². The normalized spacial score (nSPS) is 11.7. The Kier molecular flexibility index (Phi) is 12.5. The molecule has 14 nitrogen and oxygen atoms in total. The van der Waals surface area contributed by atoms with Gasteiger partial charge in [0, 0.05) is 0 Å². The number of hydrogen-bond donors (Lipinski definition) is 0. The number of carbonyl (C=O) groups is 4. The smallest absolute Gasteiger partial charge is 0.352 e. The maximum Gasteiger partial charge on any atom is 0.352 e. The highest BCUT2D eigenvalue weighted by atomic mass is 16.6. The largest absolute Gasteiger partial charge is 0.493 e. The zero-order chi connectivity index (χ0) is 31.4. The standard InChI is InChI=1S/C28H34O14/c1-9-39-27(31)23(41-25(29)15-11-17(33-3)21(37-7)18(12-15)34-4)24(28(32)40-10-2)42-26(30)16-13-19(35-5)22(38-8)20(14-16)36-6/h11-14,23-24H,9-10H2,1-8H3/t23-,24-/m1/s1. The van der Waals surface area contributed by atoms with Crippen LogP contribution in [0.1, 0.15) is 34.6 Å². The van der Waals surface area contributed by atoms with Crippen molar-refractivity contribution in [3.63, 3.8) is 0 Å². The fourth-order valence-electron chi connectivity index (χ4n) is 3.68. The number of methoxy groups -OCH3 is 6. The highest BCUT2D eigenvalue weighted by Crippen LogP contribution is 2.39. The molecule has 0 radical (unpaired) electrons. The first-order valence-corrected chi connectivity index (χ1v) is 12.5. The molecule has 0 saturated heterocycles. The van der Waals surface area contributed by atoms with E-state index in [0.717, 1.165) is 0 Å². The van der Waals surface area contributed by atoms with E-state index < -0.39 is 36.1 Å². The molecule has 0 bridgehead atoms. The monoisotopic (exact) mass is 594 g/mol. The maximum absolute atomic E-state index is 13.3. The van der Waals surface area contributed by atoms with Crippen molar-refractivity contribution >= 4 is 23.9 Å². The summed E-state index contributed by atoms with van der Waals surface area (Å²) in [5.74, 6) is -3.69. The maximum atomic E-state index is 13.3. The van der Waals surface area contributed by atoms with Crippen LogP contribution in [0.25, 0.3) is 0 Å². The molecule has 0 unspecified atom stereocenters. The van der Waals surface area contributed by atoms with Gasteiger partial charge in [0.05, 0.1) is 67.0 Å². The van der Waals surface area contributed by atoms with Crippen molar-refractivity contribution in [3.05, 3.63) is 35.4 Å². The summed E-state index contributed by atoms with van der Waals surface area (Å²) in [6.07, 6.45) is -4.14. The molecule has 0 heterocycles. The Morgan fingerprint density at radius 2 is 0.810 bits per heavy atom. The molecule has 2 atom stereocenters. The van der Waals surface area contributed by atoms with Crippen LogP contribution in [0.3, 0.4) is 0 Å². The molecule has 2 rings (SSSR count). The lowest BCUT2D eigenvalue weighted by Crippen LogP contribution is -2.47. The average Bonchev–Trinajstić information content (AvgIpc) is 3.00. The molecule has 0 N–H and O–H groups in total. The van der Waals surface area contributed by atoms with Gasteiger partial charge in [0.15, 0.2) is 23.0 Å². The van der Waals surface area contributed by atoms with E-state index >= 15 is 0 Å². The van der Waals surface area contributed by atoms with Crippen molar-refractivity contribution in [2.75, 3.05) is 55.9 Å². The van der Waals surface area contributed by atoms with Gasteiger partial charge in [-0.05, 0) is 38.1 Å². The first-order valence-electron chi connectivity index (χ1n) is 12.5. The number of benzene rings is 2. The molecule has 0 fully saturated rings. The molecule has 230 valence electrons. The summed E-state index contributed by atoms with van der Waals surface area (Å²) in [6.45, 7) is 2.70. The number of carbonyl (C=O) groups excluding carboxylic acids is 4. The van der Waals surface area contributed by atoms with Crippen LogP contribution >= 0.6 is 0 Å². The summed E-state index contributed by atoms with van der Waals surface area (Å²) < 4.78 is 52.4. The van der Waals surface area contributed by atoms with E-state index in [4.69, 9.17) is 47.4 Å². The first-order chi connectivity index (χ1) is 20.1. The van der Waals surface area contributed by atoms with Crippen LogP contribution in [0, 0.1) is 0 Å². The number of ether oxygens (including phenoxy) is 10. The van der Waals surface area contributed by atoms with Crippen LogP contribution in [-0.4, -0.2) is 92.0 Å². The predicted octanol–water partition coefficient (Wildman–Crippen LogP) is 2.62. The molecule has 0 saturated carbocycles. The SMILES string of the molecule is CCOC(=O)[C@H](OC(=O)c1cc(OC)c(OC)c(OC)c1)[C@@H](OC(=O)c1cc(OC)c(OC)c(OC)c1)C(=O)OCC. The summed E-state index contributed by atoms with van der Waals surface area (Å²) in [6, 6.07) is 5.08. The van der Waals surface area contributed by atoms with Gasteiger partial charge in [0.1, 0.15) is 0 Å². The Labute approximate surface area is 242 Å². The molecule has 0 aromatic heterocycles. The van der Waals surface area contributed by atoms with Gasteiger partial charge in [-0.25, -0.2) is 19.2 Å². The van der Waals surface area contributed by atoms with E-state index in [1.807, 2.05) is 0 Å². The third kappa shape index (κ3) is 7.65. The molecule has 14 heteroatoms. The quantitative estimate of drug-likeness (QED) is 0.219. The Balaban J connectivity index is 2.55. The van der Waals surface area contributed by atoms with Crippen LogP contribution < -0.4 is 28.4 Å². The lowest BCUT2D eigenvalue weighted by Gasteiger charge is -2.24. The third-order valence-corrected chi connectivity index (χ3v) is 5.58. The average molecular weight is 595 g/mol. The highest BCUT2D eigenvalue weighted by molar-refractivity contribution is 5.97. The van der Waals surface area contributed by atoms with Gasteiger partial charge in [-0.2, -0.15) is 0 Å². The fourth-order valence-corrected chi connectivity index (χ4v) is 3.68. The third-order valence-electron chi connectivity index (χ3n) is 5.58. The Hall–Kier alpha value is -4.88. The van der Waals surface area contributed by atoms with Gasteiger partial charge in [-0.1, -0.05) is 0 Å². The second-order valence-electron chi connectivity index (χ2n) is 7.98. The summed E-state index contributed by atoms with van der Waals surface area (Å²) in [4.78, 5) is 52.5. The fraction of sp³-hybridized carbons (Fsp3) is 0.429. The van der Waals surface area contributed by atoms with Crippen molar-refractivity contribution < 1.29 is 66.5 Å². The second kappa shape index (κ2) is 15.8. The number of esters is 4. The molecule has 2 aromatic carbocycles. The van der Waals surface area contributed by atoms with Crippen LogP contribution in [0.5, 0.6) is 34.5 Å². The molecular weight excluding hydrogens is 560 g/mol. The lowest BCUT2D eigenvalue weighted by atomic mass is 10.1. The van der Waals surface area contributed by atoms with Gasteiger partial charge in [0.2, 0.25) is 23.7 Å². The van der Waals surface area contributed by atoms with E-state index in [9.17, 15) is 19.2 Å². The first kappa shape index (κ1) is 33.3. The van der Waals surface area contributed by atoms with Crippen molar-refractivity contribution in [1.82, 2.24) is 0 Å². The molecule has 0 aliphatic rings. The second-order valence-corrected chi connectivity index (χ2v) is 7.98. The van der Waals surface area contributed by atoms with Crippen LogP contribution in [0.4, 0.5) is 0 Å². The number of rotatable bonds is 15. The minimum Gasteiger partial charge on any atom is -0.493 e. The van der Waals surface area contributed by atoms with Gasteiger partial charge in [-0.3, -0.25) is 0 Å². The topological polar surface area (TPSA) is 161 Å². The van der Waals surface area contributed by atoms with Crippen molar-refractivity contribution in [2.24, 2.45) is 0 Å². The molecule has 0 amide bonds. The minimum atomic E-state index is -2.07. The molecule has 0 aliphatic carbocycles.